The van der Waals surface area contributed by atoms with Gasteiger partial charge in [0, 0.05) is 52.5 Å². The molecule has 3 aliphatic heterocycles. The van der Waals surface area contributed by atoms with Crippen molar-refractivity contribution in [3.8, 4) is 0 Å². The zero-order valence-electron chi connectivity index (χ0n) is 51.0. The summed E-state index contributed by atoms with van der Waals surface area (Å²) < 4.78 is 16.8. The topological polar surface area (TPSA) is 186 Å². The van der Waals surface area contributed by atoms with Crippen LogP contribution >= 0.6 is 34.2 Å². The average Bonchev–Trinajstić information content (AvgIpc) is 4.07. The Kier molecular flexibility index (Phi) is 57.8. The Labute approximate surface area is 533 Å². The molecular formula is C61H87B2ClILi2N3O11. The predicted molar refractivity (Wildman–Crippen MR) is 331 cm³/mol. The first-order valence-electron chi connectivity index (χ1n) is 25.9. The first-order chi connectivity index (χ1) is 36.7. The molecule has 3 heterocycles. The standard InChI is InChI=1S/C16H19NO3.C13H15NO3.C10H11NO2.C6H12O.C6H10O.C4H9.C3H5ClO.C3H5I.2B.2Li.H/c1-4-8-11(2)15(18)17-12(3)14(20-16(17)19)13-9-6-5-7-10-13;1-3-11(15)14-9(2)12(17-13(14)16)10-7-5-4-6-8-10;1-7-9(13-10(12)11-7)8-5-3-2-4-6-8;2*1-3-4-6(2)5-7;1-3-4-2;1-2-3(4)5;1-2-3-4;;;;;/h4-7,9-12,14H,1,8H2,2-3H3;4-9,12H,3H2,1-2H3;2-7,9H,1H3,(H,11,12);3,6-7H,1,4-5H2,2H3;3,5-6H,1,4H2,2H3;1,3-4H2,2H3;2H2,1H3;2H,1,3H2;;;;;/q;;;;;-1;;;;;2*+1;-1/t11-,12+,14+;9-,12-;7-,9-;2*6-;;;;;;;;/m01100......../s1. The number of alkyl halides is 1. The number of rotatable bonds is 16. The number of imide groups is 2. The molecule has 3 fully saturated rings. The summed E-state index contributed by atoms with van der Waals surface area (Å²) in [5.74, 6) is -0.131. The fourth-order valence-electron chi connectivity index (χ4n) is 6.68. The van der Waals surface area contributed by atoms with E-state index in [1.54, 1.807) is 32.9 Å². The molecule has 0 unspecified atom stereocenters. The van der Waals surface area contributed by atoms with E-state index in [4.69, 9.17) is 30.9 Å². The number of amides is 5. The molecule has 14 nitrogen and oxygen atoms in total. The number of nitrogens with zero attached hydrogens (tertiary/aromatic N) is 2. The molecule has 0 bridgehead atoms. The minimum atomic E-state index is -0.563. The summed E-state index contributed by atoms with van der Waals surface area (Å²) in [5, 5.41) is 10.8. The van der Waals surface area contributed by atoms with Crippen molar-refractivity contribution in [3.63, 3.8) is 0 Å². The normalized spacial score (nSPS) is 18.4. The third-order valence-corrected chi connectivity index (χ3v) is 12.0. The number of benzene rings is 3. The maximum Gasteiger partial charge on any atom is 1.00 e. The number of carbonyl (C=O) groups excluding carboxylic acids is 7. The maximum atomic E-state index is 12.3. The van der Waals surface area contributed by atoms with Crippen molar-refractivity contribution < 1.29 is 92.0 Å². The second kappa shape index (κ2) is 53.4. The van der Waals surface area contributed by atoms with E-state index in [2.05, 4.69) is 68.1 Å². The maximum absolute atomic E-state index is 12.3. The second-order valence-corrected chi connectivity index (χ2v) is 19.1. The number of hydrogen-bond donors (Lipinski definition) is 2. The number of alkyl carbamates (subject to hydrolysis) is 1. The largest absolute Gasteiger partial charge is 1.00 e. The van der Waals surface area contributed by atoms with Gasteiger partial charge in [-0.1, -0.05) is 186 Å². The van der Waals surface area contributed by atoms with Gasteiger partial charge in [0.2, 0.25) is 17.1 Å². The summed E-state index contributed by atoms with van der Waals surface area (Å²) in [6, 6.07) is 28.2. The van der Waals surface area contributed by atoms with E-state index in [-0.39, 0.29) is 128 Å². The molecule has 6 radical (unpaired) electrons. The predicted octanol–water partition coefficient (Wildman–Crippen LogP) is 8.01. The number of aliphatic hydroxyl groups excluding tert-OH is 1. The molecule has 5 amide bonds. The number of halogens is 2. The van der Waals surface area contributed by atoms with Crippen LogP contribution in [0, 0.1) is 24.7 Å². The molecule has 2 N–H and O–H groups in total. The number of aldehydes is 1. The molecule has 434 valence electrons. The molecule has 3 aliphatic rings. The van der Waals surface area contributed by atoms with Crippen molar-refractivity contribution in [1.82, 2.24) is 15.1 Å². The Morgan fingerprint density at radius 3 is 1.33 bits per heavy atom. The van der Waals surface area contributed by atoms with Crippen LogP contribution < -0.4 is 43.0 Å². The first-order valence-corrected chi connectivity index (χ1v) is 27.8. The van der Waals surface area contributed by atoms with Crippen LogP contribution in [0.4, 0.5) is 14.4 Å². The van der Waals surface area contributed by atoms with Crippen LogP contribution in [0.3, 0.4) is 0 Å². The van der Waals surface area contributed by atoms with Gasteiger partial charge in [-0.3, -0.25) is 14.4 Å². The van der Waals surface area contributed by atoms with Crippen LogP contribution in [-0.4, -0.2) is 103 Å². The van der Waals surface area contributed by atoms with Gasteiger partial charge in [-0.05, 0) is 74.2 Å². The number of cyclic esters (lactones) is 3. The Morgan fingerprint density at radius 2 is 1.06 bits per heavy atom. The fraction of sp³-hybridized carbons (Fsp3) is 0.443. The molecule has 0 aromatic heterocycles. The summed E-state index contributed by atoms with van der Waals surface area (Å²) in [7, 11) is 0. The van der Waals surface area contributed by atoms with Gasteiger partial charge in [-0.15, -0.1) is 26.3 Å². The number of carbonyl (C=O) groups is 7. The summed E-state index contributed by atoms with van der Waals surface area (Å²) in [6.07, 6.45) is 11.0. The zero-order chi connectivity index (χ0) is 58.9. The van der Waals surface area contributed by atoms with Crippen LogP contribution in [0.2, 0.25) is 0 Å². The van der Waals surface area contributed by atoms with Crippen molar-refractivity contribution in [2.45, 2.75) is 144 Å². The molecule has 0 spiro atoms. The number of hydrogen-bond acceptors (Lipinski definition) is 11. The molecule has 3 saturated heterocycles. The molecule has 6 rings (SSSR count). The second-order valence-electron chi connectivity index (χ2n) is 17.8. The zero-order valence-corrected chi connectivity index (χ0v) is 52.9. The average molecular weight is 1240 g/mol. The minimum absolute atomic E-state index is 0. The number of nitrogens with one attached hydrogen (secondary N) is 1. The quantitative estimate of drug-likeness (QED) is 0.0207. The van der Waals surface area contributed by atoms with Crippen molar-refractivity contribution >= 4 is 92.6 Å². The van der Waals surface area contributed by atoms with Gasteiger partial charge in [0.1, 0.15) is 24.6 Å². The molecule has 81 heavy (non-hydrogen) atoms. The summed E-state index contributed by atoms with van der Waals surface area (Å²) in [5.41, 5.74) is 2.85. The SMILES string of the molecule is C=CCI.C=CC[C@H](C)C(=O)N1C(=O)O[C@@H](c2ccccc2)[C@H]1C.C=CC[C@H](C)C=O.C=CC[C@H](C)CO.CCC(=O)Cl.CCC(=O)N1C(=O)O[C@@H](c2ccccc2)[C@H]1C.C[C@H]1NC(=O)O[C@H]1c1ccccc1.[B].[B].[CH2-]CCC.[H-].[Li+].[Li+]. The number of ether oxygens (including phenoxy) is 3. The van der Waals surface area contributed by atoms with Gasteiger partial charge in [0.25, 0.3) is 0 Å². The van der Waals surface area contributed by atoms with Crippen LogP contribution in [0.5, 0.6) is 0 Å². The number of allylic oxidation sites excluding steroid dienone is 4. The van der Waals surface area contributed by atoms with Crippen LogP contribution in [-0.2, 0) is 33.4 Å². The summed E-state index contributed by atoms with van der Waals surface area (Å²) >= 11 is 7.06. The van der Waals surface area contributed by atoms with E-state index in [0.717, 1.165) is 46.7 Å². The van der Waals surface area contributed by atoms with Gasteiger partial charge >= 0.3 is 56.0 Å². The molecule has 9 atom stereocenters. The Balaban J connectivity index is -0.000000166. The third-order valence-electron chi connectivity index (χ3n) is 11.1. The van der Waals surface area contributed by atoms with Crippen molar-refractivity contribution in [2.75, 3.05) is 11.0 Å². The Hall–Kier alpha value is -4.59. The van der Waals surface area contributed by atoms with E-state index in [1.165, 1.54) is 16.2 Å². The summed E-state index contributed by atoms with van der Waals surface area (Å²) in [6.45, 7) is 34.8. The molecule has 0 saturated carbocycles. The fourth-order valence-corrected chi connectivity index (χ4v) is 6.68. The minimum Gasteiger partial charge on any atom is -1.00 e. The van der Waals surface area contributed by atoms with Gasteiger partial charge < -0.3 is 37.8 Å². The molecule has 20 heteroatoms. The van der Waals surface area contributed by atoms with E-state index in [9.17, 15) is 33.6 Å². The van der Waals surface area contributed by atoms with Gasteiger partial charge in [-0.2, -0.15) is 6.42 Å². The van der Waals surface area contributed by atoms with E-state index < -0.39 is 18.3 Å². The van der Waals surface area contributed by atoms with Crippen LogP contribution in [0.1, 0.15) is 144 Å². The van der Waals surface area contributed by atoms with Gasteiger partial charge in [-0.25, -0.2) is 24.2 Å². The third kappa shape index (κ3) is 35.9. The number of unbranched alkanes of at least 4 members (excludes halogenated alkanes) is 1. The van der Waals surface area contributed by atoms with Gasteiger partial charge in [0.05, 0.1) is 18.1 Å². The monoisotopic (exact) mass is 1240 g/mol. The number of aliphatic hydroxyl groups is 1. The van der Waals surface area contributed by atoms with Gasteiger partial charge in [0.15, 0.2) is 0 Å². The molecule has 0 aliphatic carbocycles. The Morgan fingerprint density at radius 1 is 0.691 bits per heavy atom. The van der Waals surface area contributed by atoms with Crippen LogP contribution in [0.25, 0.3) is 0 Å². The molecule has 3 aromatic rings. The van der Waals surface area contributed by atoms with Crippen LogP contribution in [0.15, 0.2) is 142 Å². The first kappa shape index (κ1) is 87.7. The summed E-state index contributed by atoms with van der Waals surface area (Å²) in [4.78, 5) is 80.3. The molecule has 3 aromatic carbocycles. The van der Waals surface area contributed by atoms with E-state index in [1.807, 2.05) is 138 Å². The Bertz CT molecular complexity index is 2220. The van der Waals surface area contributed by atoms with Crippen molar-refractivity contribution in [2.24, 2.45) is 17.8 Å². The van der Waals surface area contributed by atoms with E-state index >= 15 is 0 Å². The molecular weight excluding hydrogens is 1150 g/mol. The van der Waals surface area contributed by atoms with E-state index in [0.29, 0.717) is 25.2 Å². The smallest absolute Gasteiger partial charge is 1.00 e. The van der Waals surface area contributed by atoms with Crippen molar-refractivity contribution in [3.05, 3.63) is 165 Å². The van der Waals surface area contributed by atoms with Crippen molar-refractivity contribution in [1.29, 1.82) is 0 Å².